The van der Waals surface area contributed by atoms with Gasteiger partial charge in [-0.25, -0.2) is 4.79 Å². The fraction of sp³-hybridized carbons (Fsp3) is 0.647. The minimum atomic E-state index is -0.488. The van der Waals surface area contributed by atoms with Gasteiger partial charge in [-0.05, 0) is 24.8 Å². The summed E-state index contributed by atoms with van der Waals surface area (Å²) in [5.41, 5.74) is 6.95. The predicted molar refractivity (Wildman–Crippen MR) is 96.6 cm³/mol. The van der Waals surface area contributed by atoms with Gasteiger partial charge in [0.25, 0.3) is 5.91 Å². The second kappa shape index (κ2) is 9.03. The Labute approximate surface area is 147 Å². The lowest BCUT2D eigenvalue weighted by atomic mass is 10.1. The van der Waals surface area contributed by atoms with Gasteiger partial charge in [0.15, 0.2) is 0 Å². The Morgan fingerprint density at radius 3 is 2.50 bits per heavy atom. The third-order valence-corrected chi connectivity index (χ3v) is 5.26. The molecule has 0 radical (unpaired) electrons. The van der Waals surface area contributed by atoms with Crippen LogP contribution in [0.1, 0.15) is 60.3 Å². The number of urea groups is 1. The smallest absolute Gasteiger partial charge is 0.322 e. The van der Waals surface area contributed by atoms with Gasteiger partial charge in [-0.3, -0.25) is 10.1 Å². The summed E-state index contributed by atoms with van der Waals surface area (Å²) in [5, 5.41) is 3.47. The number of nitrogens with two attached hydrogens (primary N) is 1. The molecule has 0 spiro atoms. The van der Waals surface area contributed by atoms with Gasteiger partial charge in [0.2, 0.25) is 0 Å². The number of thiophene rings is 1. The molecule has 2 rings (SSSR count). The van der Waals surface area contributed by atoms with Crippen molar-refractivity contribution in [2.45, 2.75) is 52.6 Å². The van der Waals surface area contributed by atoms with E-state index in [1.54, 1.807) is 0 Å². The van der Waals surface area contributed by atoms with Gasteiger partial charge in [-0.2, -0.15) is 0 Å². The maximum absolute atomic E-state index is 12.7. The summed E-state index contributed by atoms with van der Waals surface area (Å²) in [4.78, 5) is 27.3. The number of fused-ring (bicyclic) bond motifs is 1. The molecular formula is C17H27N3O3S. The van der Waals surface area contributed by atoms with Crippen LogP contribution in [-0.2, 0) is 17.8 Å². The molecule has 0 aromatic carbocycles. The Bertz CT molecular complexity index is 578. The molecule has 6 nitrogen and oxygen atoms in total. The Kier molecular flexibility index (Phi) is 7.05. The first kappa shape index (κ1) is 18.7. The van der Waals surface area contributed by atoms with E-state index in [2.05, 4.69) is 19.2 Å². The maximum Gasteiger partial charge on any atom is 0.322 e. The number of unbranched alkanes of at least 4 members (excludes halogenated alkanes) is 2. The van der Waals surface area contributed by atoms with Crippen molar-refractivity contribution < 1.29 is 14.3 Å². The van der Waals surface area contributed by atoms with Crippen molar-refractivity contribution in [2.24, 2.45) is 5.73 Å². The van der Waals surface area contributed by atoms with Crippen molar-refractivity contribution in [1.82, 2.24) is 4.90 Å². The van der Waals surface area contributed by atoms with E-state index in [9.17, 15) is 9.59 Å². The molecule has 1 aromatic rings. The monoisotopic (exact) mass is 353 g/mol. The number of primary amides is 1. The number of carbonyl (C=O) groups is 2. The third kappa shape index (κ3) is 4.48. The molecule has 1 aliphatic rings. The van der Waals surface area contributed by atoms with Crippen LogP contribution < -0.4 is 11.1 Å². The Balaban J connectivity index is 2.17. The fourth-order valence-electron chi connectivity index (χ4n) is 2.77. The zero-order valence-corrected chi connectivity index (χ0v) is 15.3. The highest BCUT2D eigenvalue weighted by Crippen LogP contribution is 2.36. The first-order chi connectivity index (χ1) is 11.6. The van der Waals surface area contributed by atoms with E-state index in [0.717, 1.165) is 49.2 Å². The van der Waals surface area contributed by atoms with Gasteiger partial charge in [-0.15, -0.1) is 11.3 Å². The Morgan fingerprint density at radius 2 is 1.92 bits per heavy atom. The van der Waals surface area contributed by atoms with Crippen LogP contribution >= 0.6 is 11.3 Å². The molecule has 1 aromatic heterocycles. The molecule has 0 saturated heterocycles. The average molecular weight is 353 g/mol. The van der Waals surface area contributed by atoms with Crippen LogP contribution in [0.5, 0.6) is 0 Å². The highest BCUT2D eigenvalue weighted by Gasteiger charge is 2.26. The standard InChI is InChI=1S/C17H27N3O3S/c1-3-5-8-20(9-6-4-2)17(22)19-16-14(15(18)21)12-7-10-23-11-13(12)24-16/h3-11H2,1-2H3,(H2,18,21)(H,19,22). The summed E-state index contributed by atoms with van der Waals surface area (Å²) < 4.78 is 5.44. The maximum atomic E-state index is 12.7. The van der Waals surface area contributed by atoms with Crippen molar-refractivity contribution in [3.05, 3.63) is 16.0 Å². The predicted octanol–water partition coefficient (Wildman–Crippen LogP) is 3.35. The van der Waals surface area contributed by atoms with Crippen LogP contribution in [0, 0.1) is 0 Å². The van der Waals surface area contributed by atoms with Gasteiger partial charge < -0.3 is 15.4 Å². The van der Waals surface area contributed by atoms with Gasteiger partial charge in [-0.1, -0.05) is 26.7 Å². The molecule has 3 N–H and O–H groups in total. The average Bonchev–Trinajstić information content (AvgIpc) is 2.92. The van der Waals surface area contributed by atoms with E-state index in [1.807, 2.05) is 4.90 Å². The summed E-state index contributed by atoms with van der Waals surface area (Å²) in [7, 11) is 0. The molecule has 7 heteroatoms. The summed E-state index contributed by atoms with van der Waals surface area (Å²) in [6.45, 7) is 6.72. The summed E-state index contributed by atoms with van der Waals surface area (Å²) in [5.74, 6) is -0.488. The highest BCUT2D eigenvalue weighted by molar-refractivity contribution is 7.17. The van der Waals surface area contributed by atoms with E-state index in [-0.39, 0.29) is 6.03 Å². The molecule has 0 aliphatic carbocycles. The number of hydrogen-bond acceptors (Lipinski definition) is 4. The SMILES string of the molecule is CCCCN(CCCC)C(=O)Nc1sc2c(c1C(N)=O)CCOC2. The van der Waals surface area contributed by atoms with Crippen molar-refractivity contribution >= 4 is 28.3 Å². The number of hydrogen-bond donors (Lipinski definition) is 2. The van der Waals surface area contributed by atoms with Gasteiger partial charge in [0.1, 0.15) is 5.00 Å². The van der Waals surface area contributed by atoms with E-state index >= 15 is 0 Å². The lowest BCUT2D eigenvalue weighted by Gasteiger charge is -2.22. The molecule has 0 fully saturated rings. The van der Waals surface area contributed by atoms with E-state index in [1.165, 1.54) is 11.3 Å². The second-order valence-electron chi connectivity index (χ2n) is 6.00. The van der Waals surface area contributed by atoms with E-state index < -0.39 is 5.91 Å². The van der Waals surface area contributed by atoms with Crippen molar-refractivity contribution in [1.29, 1.82) is 0 Å². The minimum Gasteiger partial charge on any atom is -0.376 e. The molecule has 0 unspecified atom stereocenters. The number of nitrogens with zero attached hydrogens (tertiary/aromatic N) is 1. The topological polar surface area (TPSA) is 84.7 Å². The molecule has 0 saturated carbocycles. The number of nitrogens with one attached hydrogen (secondary N) is 1. The van der Waals surface area contributed by atoms with Gasteiger partial charge >= 0.3 is 6.03 Å². The first-order valence-corrected chi connectivity index (χ1v) is 9.48. The van der Waals surface area contributed by atoms with Crippen LogP contribution in [0.4, 0.5) is 9.80 Å². The molecule has 0 atom stereocenters. The van der Waals surface area contributed by atoms with Crippen LogP contribution in [0.25, 0.3) is 0 Å². The minimum absolute atomic E-state index is 0.154. The van der Waals surface area contributed by atoms with E-state index in [0.29, 0.717) is 30.2 Å². The molecule has 24 heavy (non-hydrogen) atoms. The largest absolute Gasteiger partial charge is 0.376 e. The molecule has 0 bridgehead atoms. The molecule has 134 valence electrons. The first-order valence-electron chi connectivity index (χ1n) is 8.66. The van der Waals surface area contributed by atoms with Crippen LogP contribution in [0.15, 0.2) is 0 Å². The summed E-state index contributed by atoms with van der Waals surface area (Å²) in [6.07, 6.45) is 4.67. The molecule has 1 aliphatic heterocycles. The molecular weight excluding hydrogens is 326 g/mol. The van der Waals surface area contributed by atoms with Gasteiger partial charge in [0.05, 0.1) is 18.8 Å². The zero-order valence-electron chi connectivity index (χ0n) is 14.5. The summed E-state index contributed by atoms with van der Waals surface area (Å²) in [6, 6.07) is -0.154. The number of ether oxygens (including phenoxy) is 1. The second-order valence-corrected chi connectivity index (χ2v) is 7.10. The lowest BCUT2D eigenvalue weighted by Crippen LogP contribution is -2.36. The summed E-state index contributed by atoms with van der Waals surface area (Å²) >= 11 is 1.40. The van der Waals surface area contributed by atoms with Crippen LogP contribution in [0.3, 0.4) is 0 Å². The van der Waals surface area contributed by atoms with Crippen molar-refractivity contribution in [3.63, 3.8) is 0 Å². The highest BCUT2D eigenvalue weighted by atomic mass is 32.1. The van der Waals surface area contributed by atoms with E-state index in [4.69, 9.17) is 10.5 Å². The normalized spacial score (nSPS) is 13.4. The van der Waals surface area contributed by atoms with Crippen molar-refractivity contribution in [3.8, 4) is 0 Å². The van der Waals surface area contributed by atoms with Gasteiger partial charge in [0, 0.05) is 18.0 Å². The van der Waals surface area contributed by atoms with Crippen LogP contribution in [0.2, 0.25) is 0 Å². The number of carbonyl (C=O) groups excluding carboxylic acids is 2. The fourth-order valence-corrected chi connectivity index (χ4v) is 3.95. The molecule has 3 amide bonds. The van der Waals surface area contributed by atoms with Crippen molar-refractivity contribution in [2.75, 3.05) is 25.0 Å². The number of amides is 3. The van der Waals surface area contributed by atoms with Crippen LogP contribution in [-0.4, -0.2) is 36.5 Å². The lowest BCUT2D eigenvalue weighted by molar-refractivity contribution is 0.0991. The number of rotatable bonds is 8. The quantitative estimate of drug-likeness (QED) is 0.751. The Hall–Kier alpha value is -1.60. The Morgan fingerprint density at radius 1 is 1.25 bits per heavy atom. The number of anilines is 1. The third-order valence-electron chi connectivity index (χ3n) is 4.14. The zero-order chi connectivity index (χ0) is 17.5. The molecule has 2 heterocycles.